The Balaban J connectivity index is 1.51. The lowest BCUT2D eigenvalue weighted by Gasteiger charge is -2.12. The molecular formula is C19H20N8OS. The summed E-state index contributed by atoms with van der Waals surface area (Å²) in [4.78, 5) is 25.9. The molecule has 4 aromatic heterocycles. The third kappa shape index (κ3) is 3.83. The Hall–Kier alpha value is -3.27. The molecule has 0 aromatic carbocycles. The Labute approximate surface area is 171 Å². The van der Waals surface area contributed by atoms with E-state index in [0.717, 1.165) is 22.5 Å². The molecule has 0 saturated heterocycles. The van der Waals surface area contributed by atoms with Crippen molar-refractivity contribution in [2.75, 3.05) is 6.26 Å². The lowest BCUT2D eigenvalue weighted by atomic mass is 10.1. The van der Waals surface area contributed by atoms with Crippen molar-refractivity contribution in [3.8, 4) is 5.82 Å². The van der Waals surface area contributed by atoms with E-state index >= 15 is 0 Å². The van der Waals surface area contributed by atoms with Crippen molar-refractivity contribution >= 4 is 23.4 Å². The van der Waals surface area contributed by atoms with E-state index in [2.05, 4.69) is 30.5 Å². The maximum Gasteiger partial charge on any atom is 0.253 e. The normalized spacial score (nSPS) is 11.1. The minimum atomic E-state index is -0.0992. The van der Waals surface area contributed by atoms with Crippen LogP contribution in [-0.4, -0.2) is 46.5 Å². The van der Waals surface area contributed by atoms with Gasteiger partial charge in [0.2, 0.25) is 11.1 Å². The van der Waals surface area contributed by atoms with Gasteiger partial charge in [-0.05, 0) is 32.2 Å². The predicted molar refractivity (Wildman–Crippen MR) is 109 cm³/mol. The molecule has 0 fully saturated rings. The third-order valence-corrected chi connectivity index (χ3v) is 5.15. The zero-order valence-corrected chi connectivity index (χ0v) is 17.1. The van der Waals surface area contributed by atoms with E-state index < -0.39 is 0 Å². The maximum absolute atomic E-state index is 12.7. The summed E-state index contributed by atoms with van der Waals surface area (Å²) in [5, 5.41) is 12.3. The lowest BCUT2D eigenvalue weighted by Crippen LogP contribution is -2.26. The Morgan fingerprint density at radius 2 is 2.07 bits per heavy atom. The van der Waals surface area contributed by atoms with E-state index in [9.17, 15) is 4.79 Å². The Morgan fingerprint density at radius 1 is 1.21 bits per heavy atom. The van der Waals surface area contributed by atoms with E-state index in [0.29, 0.717) is 23.3 Å². The fraction of sp³-hybridized carbons (Fsp3) is 0.263. The summed E-state index contributed by atoms with van der Waals surface area (Å²) in [5.41, 5.74) is 3.39. The molecule has 148 valence electrons. The number of aryl methyl sites for hydroxylation is 2. The summed E-state index contributed by atoms with van der Waals surface area (Å²) >= 11 is 1.46. The number of carbonyl (C=O) groups is 1. The number of hydrogen-bond acceptors (Lipinski definition) is 7. The summed E-state index contributed by atoms with van der Waals surface area (Å²) in [6, 6.07) is 5.60. The number of fused-ring (bicyclic) bond motifs is 1. The smallest absolute Gasteiger partial charge is 0.253 e. The molecule has 1 amide bonds. The molecule has 0 unspecified atom stereocenters. The van der Waals surface area contributed by atoms with Crippen LogP contribution in [0.4, 0.5) is 0 Å². The van der Waals surface area contributed by atoms with Crippen LogP contribution in [0.1, 0.15) is 22.5 Å². The second-order valence-corrected chi connectivity index (χ2v) is 7.24. The van der Waals surface area contributed by atoms with Crippen LogP contribution in [0.15, 0.2) is 41.9 Å². The number of thioether (sulfide) groups is 1. The first-order valence-corrected chi connectivity index (χ1v) is 10.3. The number of aromatic nitrogens is 7. The molecule has 0 aliphatic rings. The molecular weight excluding hydrogens is 388 g/mol. The van der Waals surface area contributed by atoms with Crippen LogP contribution in [0, 0.1) is 13.8 Å². The highest BCUT2D eigenvalue weighted by molar-refractivity contribution is 7.98. The topological polar surface area (TPSA) is 103 Å². The van der Waals surface area contributed by atoms with Gasteiger partial charge in [-0.1, -0.05) is 17.8 Å². The molecule has 4 rings (SSSR count). The van der Waals surface area contributed by atoms with Crippen LogP contribution in [0.5, 0.6) is 0 Å². The van der Waals surface area contributed by atoms with Crippen molar-refractivity contribution in [3.63, 3.8) is 0 Å². The minimum Gasteiger partial charge on any atom is -0.352 e. The maximum atomic E-state index is 12.7. The highest BCUT2D eigenvalue weighted by atomic mass is 32.2. The molecule has 29 heavy (non-hydrogen) atoms. The highest BCUT2D eigenvalue weighted by Crippen LogP contribution is 2.17. The number of carbonyl (C=O) groups excluding carboxylic acids is 1. The fourth-order valence-corrected chi connectivity index (χ4v) is 3.45. The van der Waals surface area contributed by atoms with Crippen molar-refractivity contribution in [3.05, 3.63) is 59.3 Å². The molecule has 4 aromatic rings. The van der Waals surface area contributed by atoms with Gasteiger partial charge in [0.05, 0.1) is 6.42 Å². The first-order chi connectivity index (χ1) is 14.1. The van der Waals surface area contributed by atoms with Gasteiger partial charge in [-0.3, -0.25) is 4.79 Å². The zero-order valence-electron chi connectivity index (χ0n) is 16.3. The van der Waals surface area contributed by atoms with Crippen LogP contribution in [-0.2, 0) is 17.8 Å². The Bertz CT molecular complexity index is 1170. The van der Waals surface area contributed by atoms with E-state index in [1.165, 1.54) is 11.8 Å². The molecule has 0 aliphatic carbocycles. The molecule has 4 heterocycles. The van der Waals surface area contributed by atoms with Crippen LogP contribution in [0.2, 0.25) is 0 Å². The monoisotopic (exact) mass is 408 g/mol. The molecule has 1 N–H and O–H groups in total. The predicted octanol–water partition coefficient (Wildman–Crippen LogP) is 1.90. The summed E-state index contributed by atoms with van der Waals surface area (Å²) < 4.78 is 3.38. The van der Waals surface area contributed by atoms with Gasteiger partial charge in [0.1, 0.15) is 0 Å². The SMILES string of the molecule is CSc1nc2nc(C)c(CC(=O)NCc3cccnc3-n3cccn3)c(C)n2n1. The average molecular weight is 408 g/mol. The summed E-state index contributed by atoms with van der Waals surface area (Å²) in [5.74, 6) is 1.14. The molecule has 10 heteroatoms. The minimum absolute atomic E-state index is 0.0992. The average Bonchev–Trinajstić information content (AvgIpc) is 3.39. The first-order valence-electron chi connectivity index (χ1n) is 9.04. The third-order valence-electron chi connectivity index (χ3n) is 4.61. The van der Waals surface area contributed by atoms with E-state index in [1.807, 2.05) is 44.5 Å². The summed E-state index contributed by atoms with van der Waals surface area (Å²) in [7, 11) is 0. The molecule has 0 atom stereocenters. The number of rotatable bonds is 6. The van der Waals surface area contributed by atoms with Gasteiger partial charge in [0.15, 0.2) is 5.82 Å². The number of nitrogens with zero attached hydrogens (tertiary/aromatic N) is 7. The molecule has 0 bridgehead atoms. The standard InChI is InChI=1S/C19H20N8OS/c1-12-15(13(2)27-18(23-12)24-19(25-27)29-3)10-16(28)21-11-14-6-4-7-20-17(14)26-9-5-8-22-26/h4-9H,10-11H2,1-3H3,(H,21,28). The molecule has 0 saturated carbocycles. The van der Waals surface area contributed by atoms with Crippen LogP contribution in [0.25, 0.3) is 11.6 Å². The number of hydrogen-bond donors (Lipinski definition) is 1. The number of amides is 1. The Kier molecular flexibility index (Phi) is 5.26. The Morgan fingerprint density at radius 3 is 2.83 bits per heavy atom. The van der Waals surface area contributed by atoms with Gasteiger partial charge < -0.3 is 5.32 Å². The molecule has 0 radical (unpaired) electrons. The lowest BCUT2D eigenvalue weighted by molar-refractivity contribution is -0.120. The fourth-order valence-electron chi connectivity index (χ4n) is 3.12. The molecule has 9 nitrogen and oxygen atoms in total. The van der Waals surface area contributed by atoms with Crippen molar-refractivity contribution in [1.82, 2.24) is 39.7 Å². The first kappa shape index (κ1) is 19.1. The van der Waals surface area contributed by atoms with Gasteiger partial charge >= 0.3 is 0 Å². The second-order valence-electron chi connectivity index (χ2n) is 6.46. The van der Waals surface area contributed by atoms with E-state index in [1.54, 1.807) is 21.6 Å². The highest BCUT2D eigenvalue weighted by Gasteiger charge is 2.16. The van der Waals surface area contributed by atoms with Gasteiger partial charge in [0.25, 0.3) is 5.78 Å². The van der Waals surface area contributed by atoms with Gasteiger partial charge in [0, 0.05) is 47.7 Å². The second kappa shape index (κ2) is 8.00. The van der Waals surface area contributed by atoms with Crippen LogP contribution < -0.4 is 5.32 Å². The van der Waals surface area contributed by atoms with E-state index in [4.69, 9.17) is 0 Å². The van der Waals surface area contributed by atoms with Crippen LogP contribution in [0.3, 0.4) is 0 Å². The quantitative estimate of drug-likeness (QED) is 0.486. The van der Waals surface area contributed by atoms with Crippen molar-refractivity contribution in [1.29, 1.82) is 0 Å². The van der Waals surface area contributed by atoms with Crippen molar-refractivity contribution in [2.24, 2.45) is 0 Å². The zero-order chi connectivity index (χ0) is 20.4. The molecule has 0 aliphatic heterocycles. The van der Waals surface area contributed by atoms with Gasteiger partial charge in [-0.15, -0.1) is 5.10 Å². The van der Waals surface area contributed by atoms with Crippen molar-refractivity contribution in [2.45, 2.75) is 32.0 Å². The summed E-state index contributed by atoms with van der Waals surface area (Å²) in [6.07, 6.45) is 7.35. The largest absolute Gasteiger partial charge is 0.352 e. The van der Waals surface area contributed by atoms with E-state index in [-0.39, 0.29) is 12.3 Å². The van der Waals surface area contributed by atoms with Crippen molar-refractivity contribution < 1.29 is 4.79 Å². The molecule has 0 spiro atoms. The van der Waals surface area contributed by atoms with Gasteiger partial charge in [-0.2, -0.15) is 10.1 Å². The van der Waals surface area contributed by atoms with Gasteiger partial charge in [-0.25, -0.2) is 19.2 Å². The van der Waals surface area contributed by atoms with Crippen LogP contribution >= 0.6 is 11.8 Å². The number of nitrogens with one attached hydrogen (secondary N) is 1. The number of pyridine rings is 1. The summed E-state index contributed by atoms with van der Waals surface area (Å²) in [6.45, 7) is 4.18.